The van der Waals surface area contributed by atoms with Gasteiger partial charge in [0.25, 0.3) is 0 Å². The molecule has 0 bridgehead atoms. The fourth-order valence-corrected chi connectivity index (χ4v) is 3.46. The maximum atomic E-state index is 12.2. The standard InChI is InChI=1S/C14H22N2O2S/c1-11(15)12-4-6-13(7-5-12)19(17,18)16-10-14(2)8-3-9-14/h4-7,11,16H,3,8-10,15H2,1-2H3. The average Bonchev–Trinajstić information content (AvgIpc) is 2.34. The van der Waals surface area contributed by atoms with Gasteiger partial charge in [0.1, 0.15) is 0 Å². The van der Waals surface area contributed by atoms with Crippen LogP contribution >= 0.6 is 0 Å². The van der Waals surface area contributed by atoms with Crippen LogP contribution in [-0.2, 0) is 10.0 Å². The second-order valence-corrected chi connectivity index (χ2v) is 7.61. The van der Waals surface area contributed by atoms with Gasteiger partial charge in [-0.25, -0.2) is 13.1 Å². The van der Waals surface area contributed by atoms with Crippen molar-refractivity contribution < 1.29 is 8.42 Å². The van der Waals surface area contributed by atoms with Gasteiger partial charge in [-0.3, -0.25) is 0 Å². The highest BCUT2D eigenvalue weighted by atomic mass is 32.2. The minimum atomic E-state index is -3.40. The van der Waals surface area contributed by atoms with Crippen molar-refractivity contribution in [3.63, 3.8) is 0 Å². The summed E-state index contributed by atoms with van der Waals surface area (Å²) in [5, 5.41) is 0. The predicted molar refractivity (Wildman–Crippen MR) is 76.2 cm³/mol. The zero-order valence-corrected chi connectivity index (χ0v) is 12.3. The molecule has 2 rings (SSSR count). The van der Waals surface area contributed by atoms with E-state index in [-0.39, 0.29) is 11.5 Å². The number of nitrogens with two attached hydrogens (primary N) is 1. The van der Waals surface area contributed by atoms with E-state index in [9.17, 15) is 8.42 Å². The van der Waals surface area contributed by atoms with Crippen LogP contribution in [0.3, 0.4) is 0 Å². The lowest BCUT2D eigenvalue weighted by molar-refractivity contribution is 0.166. The largest absolute Gasteiger partial charge is 0.324 e. The number of nitrogens with one attached hydrogen (secondary N) is 1. The number of hydrogen-bond donors (Lipinski definition) is 2. The van der Waals surface area contributed by atoms with E-state index < -0.39 is 10.0 Å². The van der Waals surface area contributed by atoms with Crippen molar-refractivity contribution >= 4 is 10.0 Å². The van der Waals surface area contributed by atoms with Crippen LogP contribution in [0, 0.1) is 5.41 Å². The van der Waals surface area contributed by atoms with Crippen molar-refractivity contribution in [1.82, 2.24) is 4.72 Å². The van der Waals surface area contributed by atoms with Crippen molar-refractivity contribution in [3.8, 4) is 0 Å². The van der Waals surface area contributed by atoms with Crippen molar-refractivity contribution in [2.24, 2.45) is 11.1 Å². The van der Waals surface area contributed by atoms with E-state index in [1.54, 1.807) is 24.3 Å². The topological polar surface area (TPSA) is 72.2 Å². The molecule has 1 aliphatic rings. The molecule has 4 nitrogen and oxygen atoms in total. The third kappa shape index (κ3) is 3.35. The van der Waals surface area contributed by atoms with Gasteiger partial charge in [0, 0.05) is 12.6 Å². The normalized spacial score (nSPS) is 19.7. The molecular formula is C14H22N2O2S. The number of hydrogen-bond acceptors (Lipinski definition) is 3. The molecule has 1 aromatic carbocycles. The predicted octanol–water partition coefficient (Wildman–Crippen LogP) is 2.17. The van der Waals surface area contributed by atoms with Crippen molar-refractivity contribution in [2.45, 2.75) is 44.0 Å². The Hall–Kier alpha value is -0.910. The summed E-state index contributed by atoms with van der Waals surface area (Å²) in [4.78, 5) is 0.305. The Morgan fingerprint density at radius 3 is 2.32 bits per heavy atom. The van der Waals surface area contributed by atoms with Crippen LogP contribution in [0.25, 0.3) is 0 Å². The molecule has 1 aromatic rings. The zero-order chi connectivity index (χ0) is 14.1. The maximum absolute atomic E-state index is 12.2. The molecule has 19 heavy (non-hydrogen) atoms. The van der Waals surface area contributed by atoms with Gasteiger partial charge < -0.3 is 5.73 Å². The fourth-order valence-electron chi connectivity index (χ4n) is 2.26. The Balaban J connectivity index is 2.06. The lowest BCUT2D eigenvalue weighted by atomic mass is 9.71. The number of benzene rings is 1. The molecule has 1 atom stereocenters. The van der Waals surface area contributed by atoms with Gasteiger partial charge in [-0.2, -0.15) is 0 Å². The van der Waals surface area contributed by atoms with Crippen LogP contribution in [0.1, 0.15) is 44.7 Å². The minimum Gasteiger partial charge on any atom is -0.324 e. The lowest BCUT2D eigenvalue weighted by Gasteiger charge is -2.38. The molecule has 1 fully saturated rings. The first-order chi connectivity index (χ1) is 8.82. The second kappa shape index (κ2) is 5.23. The summed E-state index contributed by atoms with van der Waals surface area (Å²) in [5.41, 5.74) is 6.82. The van der Waals surface area contributed by atoms with E-state index in [2.05, 4.69) is 11.6 Å². The summed E-state index contributed by atoms with van der Waals surface area (Å²) < 4.78 is 27.0. The molecule has 0 heterocycles. The Morgan fingerprint density at radius 1 is 1.32 bits per heavy atom. The molecule has 0 saturated heterocycles. The van der Waals surface area contributed by atoms with E-state index >= 15 is 0 Å². The van der Waals surface area contributed by atoms with Crippen LogP contribution in [0.5, 0.6) is 0 Å². The molecule has 5 heteroatoms. The Kier molecular flexibility index (Phi) is 3.99. The highest BCUT2D eigenvalue weighted by Gasteiger charge is 2.32. The summed E-state index contributed by atoms with van der Waals surface area (Å²) in [5.74, 6) is 0. The highest BCUT2D eigenvalue weighted by molar-refractivity contribution is 7.89. The van der Waals surface area contributed by atoms with Crippen molar-refractivity contribution in [1.29, 1.82) is 0 Å². The first-order valence-corrected chi connectivity index (χ1v) is 8.16. The van der Waals surface area contributed by atoms with Crippen LogP contribution in [0.15, 0.2) is 29.2 Å². The van der Waals surface area contributed by atoms with Crippen molar-refractivity contribution in [3.05, 3.63) is 29.8 Å². The molecule has 1 unspecified atom stereocenters. The van der Waals surface area contributed by atoms with E-state index in [0.29, 0.717) is 11.4 Å². The molecule has 0 amide bonds. The Bertz CT molecular complexity index is 531. The van der Waals surface area contributed by atoms with E-state index in [1.165, 1.54) is 6.42 Å². The van der Waals surface area contributed by atoms with E-state index in [4.69, 9.17) is 5.73 Å². The van der Waals surface area contributed by atoms with Gasteiger partial charge in [0.05, 0.1) is 4.90 Å². The number of sulfonamides is 1. The maximum Gasteiger partial charge on any atom is 0.240 e. The van der Waals surface area contributed by atoms with Crippen LogP contribution < -0.4 is 10.5 Å². The van der Waals surface area contributed by atoms with Gasteiger partial charge in [0.15, 0.2) is 0 Å². The smallest absolute Gasteiger partial charge is 0.240 e. The summed E-state index contributed by atoms with van der Waals surface area (Å²) in [6.45, 7) is 4.52. The second-order valence-electron chi connectivity index (χ2n) is 5.85. The van der Waals surface area contributed by atoms with Gasteiger partial charge in [0.2, 0.25) is 10.0 Å². The minimum absolute atomic E-state index is 0.0846. The lowest BCUT2D eigenvalue weighted by Crippen LogP contribution is -2.39. The molecule has 3 N–H and O–H groups in total. The van der Waals surface area contributed by atoms with Crippen LogP contribution in [0.4, 0.5) is 0 Å². The van der Waals surface area contributed by atoms with Gasteiger partial charge >= 0.3 is 0 Å². The summed E-state index contributed by atoms with van der Waals surface area (Å²) in [6.07, 6.45) is 3.39. The molecular weight excluding hydrogens is 260 g/mol. The number of rotatable bonds is 5. The van der Waals surface area contributed by atoms with E-state index in [0.717, 1.165) is 18.4 Å². The molecule has 106 valence electrons. The van der Waals surface area contributed by atoms with Crippen molar-refractivity contribution in [2.75, 3.05) is 6.54 Å². The summed E-state index contributed by atoms with van der Waals surface area (Å²) >= 11 is 0. The quantitative estimate of drug-likeness (QED) is 0.869. The third-order valence-electron chi connectivity index (χ3n) is 3.97. The first kappa shape index (κ1) is 14.5. The van der Waals surface area contributed by atoms with Gasteiger partial charge in [-0.15, -0.1) is 0 Å². The third-order valence-corrected chi connectivity index (χ3v) is 5.38. The zero-order valence-electron chi connectivity index (χ0n) is 11.5. The molecule has 1 aliphatic carbocycles. The van der Waals surface area contributed by atoms with Gasteiger partial charge in [-0.05, 0) is 42.9 Å². The van der Waals surface area contributed by atoms with Gasteiger partial charge in [-0.1, -0.05) is 25.5 Å². The molecule has 0 radical (unpaired) electrons. The van der Waals surface area contributed by atoms with E-state index in [1.807, 2.05) is 6.92 Å². The summed E-state index contributed by atoms with van der Waals surface area (Å²) in [7, 11) is -3.40. The highest BCUT2D eigenvalue weighted by Crippen LogP contribution is 2.39. The SMILES string of the molecule is CC(N)c1ccc(S(=O)(=O)NCC2(C)CCC2)cc1. The molecule has 1 saturated carbocycles. The molecule has 0 aromatic heterocycles. The summed E-state index contributed by atoms with van der Waals surface area (Å²) in [6, 6.07) is 6.68. The Morgan fingerprint density at radius 2 is 1.89 bits per heavy atom. The monoisotopic (exact) mass is 282 g/mol. The molecule has 0 spiro atoms. The first-order valence-electron chi connectivity index (χ1n) is 6.68. The fraction of sp³-hybridized carbons (Fsp3) is 0.571. The Labute approximate surface area is 115 Å². The van der Waals surface area contributed by atoms with Crippen LogP contribution in [-0.4, -0.2) is 15.0 Å². The van der Waals surface area contributed by atoms with Crippen LogP contribution in [0.2, 0.25) is 0 Å². The molecule has 0 aliphatic heterocycles. The average molecular weight is 282 g/mol.